The Kier molecular flexibility index (Phi) is 5.06. The number of anilines is 1. The minimum Gasteiger partial charge on any atom is -0.478 e. The third-order valence-corrected chi connectivity index (χ3v) is 3.02. The number of aryl methyl sites for hydroxylation is 1. The van der Waals surface area contributed by atoms with Crippen LogP contribution in [0.4, 0.5) is 5.69 Å². The molecular formula is C14H20N2O3. The number of carbonyl (C=O) groups is 2. The molecule has 1 rings (SSSR count). The lowest BCUT2D eigenvalue weighted by molar-refractivity contribution is -0.116. The molecule has 0 saturated carbocycles. The predicted octanol–water partition coefficient (Wildman–Crippen LogP) is 2.01. The van der Waals surface area contributed by atoms with Gasteiger partial charge in [-0.1, -0.05) is 13.8 Å². The van der Waals surface area contributed by atoms with E-state index < -0.39 is 5.97 Å². The van der Waals surface area contributed by atoms with E-state index in [4.69, 9.17) is 10.8 Å². The smallest absolute Gasteiger partial charge is 0.335 e. The molecule has 1 aromatic carbocycles. The molecule has 0 fully saturated rings. The first-order valence-corrected chi connectivity index (χ1v) is 6.20. The number of rotatable bonds is 5. The highest BCUT2D eigenvalue weighted by molar-refractivity contribution is 5.93. The van der Waals surface area contributed by atoms with E-state index >= 15 is 0 Å². The number of carbonyl (C=O) groups excluding carboxylic acids is 1. The van der Waals surface area contributed by atoms with Crippen LogP contribution in [0.2, 0.25) is 0 Å². The minimum atomic E-state index is -0.984. The third kappa shape index (κ3) is 4.37. The van der Waals surface area contributed by atoms with Gasteiger partial charge in [0.2, 0.25) is 5.91 Å². The lowest BCUT2D eigenvalue weighted by Gasteiger charge is -2.15. The van der Waals surface area contributed by atoms with Crippen molar-refractivity contribution in [3.8, 4) is 0 Å². The van der Waals surface area contributed by atoms with Gasteiger partial charge in [-0.2, -0.15) is 0 Å². The topological polar surface area (TPSA) is 92.4 Å². The maximum absolute atomic E-state index is 11.8. The zero-order valence-electron chi connectivity index (χ0n) is 11.4. The second kappa shape index (κ2) is 6.33. The highest BCUT2D eigenvalue weighted by Gasteiger charge is 2.14. The van der Waals surface area contributed by atoms with Crippen molar-refractivity contribution in [2.75, 3.05) is 5.32 Å². The minimum absolute atomic E-state index is 0.160. The van der Waals surface area contributed by atoms with Crippen LogP contribution in [0, 0.1) is 12.8 Å². The summed E-state index contributed by atoms with van der Waals surface area (Å²) in [6.45, 7) is 5.68. The second-order valence-corrected chi connectivity index (χ2v) is 5.00. The fourth-order valence-corrected chi connectivity index (χ4v) is 1.59. The monoisotopic (exact) mass is 264 g/mol. The first kappa shape index (κ1) is 15.2. The van der Waals surface area contributed by atoms with Crippen molar-refractivity contribution in [2.45, 2.75) is 33.2 Å². The number of nitrogens with one attached hydrogen (secondary N) is 1. The predicted molar refractivity (Wildman–Crippen MR) is 74.2 cm³/mol. The van der Waals surface area contributed by atoms with Gasteiger partial charge in [-0.05, 0) is 36.6 Å². The molecule has 1 unspecified atom stereocenters. The van der Waals surface area contributed by atoms with Gasteiger partial charge in [0.05, 0.1) is 5.56 Å². The van der Waals surface area contributed by atoms with Crippen LogP contribution in [0.5, 0.6) is 0 Å². The number of hydrogen-bond donors (Lipinski definition) is 3. The molecule has 1 amide bonds. The Hall–Kier alpha value is -1.88. The van der Waals surface area contributed by atoms with Gasteiger partial charge >= 0.3 is 5.97 Å². The SMILES string of the molecule is Cc1cc(C(=O)O)ccc1NC(=O)CC(N)C(C)C. The molecule has 0 aromatic heterocycles. The Bertz CT molecular complexity index is 484. The Morgan fingerprint density at radius 2 is 2.00 bits per heavy atom. The number of nitrogens with two attached hydrogens (primary N) is 1. The lowest BCUT2D eigenvalue weighted by atomic mass is 10.0. The van der Waals surface area contributed by atoms with Gasteiger partial charge in [-0.15, -0.1) is 0 Å². The molecule has 0 radical (unpaired) electrons. The zero-order chi connectivity index (χ0) is 14.6. The fourth-order valence-electron chi connectivity index (χ4n) is 1.59. The number of carboxylic acids is 1. The van der Waals surface area contributed by atoms with Crippen molar-refractivity contribution < 1.29 is 14.7 Å². The van der Waals surface area contributed by atoms with Crippen molar-refractivity contribution in [1.29, 1.82) is 0 Å². The summed E-state index contributed by atoms with van der Waals surface area (Å²) < 4.78 is 0. The summed E-state index contributed by atoms with van der Waals surface area (Å²) in [6.07, 6.45) is 0.248. The number of amides is 1. The van der Waals surface area contributed by atoms with E-state index in [1.54, 1.807) is 13.0 Å². The van der Waals surface area contributed by atoms with Gasteiger partial charge < -0.3 is 16.2 Å². The number of carboxylic acid groups (broad SMARTS) is 1. The molecule has 0 aliphatic rings. The fraction of sp³-hybridized carbons (Fsp3) is 0.429. The first-order valence-electron chi connectivity index (χ1n) is 6.20. The molecule has 104 valence electrons. The average Bonchev–Trinajstić information content (AvgIpc) is 2.31. The van der Waals surface area contributed by atoms with E-state index in [2.05, 4.69) is 5.32 Å². The van der Waals surface area contributed by atoms with Crippen molar-refractivity contribution in [3.05, 3.63) is 29.3 Å². The van der Waals surface area contributed by atoms with Gasteiger partial charge in [0.15, 0.2) is 0 Å². The van der Waals surface area contributed by atoms with Crippen LogP contribution >= 0.6 is 0 Å². The maximum atomic E-state index is 11.8. The summed E-state index contributed by atoms with van der Waals surface area (Å²) in [5, 5.41) is 11.6. The molecule has 0 aliphatic carbocycles. The Labute approximate surface area is 112 Å². The molecule has 19 heavy (non-hydrogen) atoms. The van der Waals surface area contributed by atoms with Gasteiger partial charge in [-0.3, -0.25) is 4.79 Å². The van der Waals surface area contributed by atoms with Gasteiger partial charge in [-0.25, -0.2) is 4.79 Å². The van der Waals surface area contributed by atoms with Crippen molar-refractivity contribution in [2.24, 2.45) is 11.7 Å². The summed E-state index contributed by atoms with van der Waals surface area (Å²) >= 11 is 0. The van der Waals surface area contributed by atoms with Crippen LogP contribution in [-0.4, -0.2) is 23.0 Å². The van der Waals surface area contributed by atoms with E-state index in [1.165, 1.54) is 12.1 Å². The highest BCUT2D eigenvalue weighted by Crippen LogP contribution is 2.17. The molecule has 5 nitrogen and oxygen atoms in total. The largest absolute Gasteiger partial charge is 0.478 e. The van der Waals surface area contributed by atoms with Crippen LogP contribution in [0.15, 0.2) is 18.2 Å². The Morgan fingerprint density at radius 1 is 1.37 bits per heavy atom. The summed E-state index contributed by atoms with van der Waals surface area (Å²) in [7, 11) is 0. The summed E-state index contributed by atoms with van der Waals surface area (Å²) in [6, 6.07) is 4.41. The molecule has 5 heteroatoms. The third-order valence-electron chi connectivity index (χ3n) is 3.02. The quantitative estimate of drug-likeness (QED) is 0.758. The molecule has 4 N–H and O–H groups in total. The summed E-state index contributed by atoms with van der Waals surface area (Å²) in [4.78, 5) is 22.6. The number of benzene rings is 1. The van der Waals surface area contributed by atoms with Crippen LogP contribution in [-0.2, 0) is 4.79 Å². The van der Waals surface area contributed by atoms with E-state index in [0.29, 0.717) is 11.3 Å². The van der Waals surface area contributed by atoms with E-state index in [1.807, 2.05) is 13.8 Å². The van der Waals surface area contributed by atoms with Gasteiger partial charge in [0.25, 0.3) is 0 Å². The zero-order valence-corrected chi connectivity index (χ0v) is 11.4. The summed E-state index contributed by atoms with van der Waals surface area (Å²) in [5.41, 5.74) is 7.37. The molecule has 0 saturated heterocycles. The van der Waals surface area contributed by atoms with E-state index in [-0.39, 0.29) is 29.9 Å². The van der Waals surface area contributed by atoms with Gasteiger partial charge in [0.1, 0.15) is 0 Å². The molecule has 1 aromatic rings. The number of aromatic carboxylic acids is 1. The van der Waals surface area contributed by atoms with E-state index in [0.717, 1.165) is 0 Å². The second-order valence-electron chi connectivity index (χ2n) is 5.00. The summed E-state index contributed by atoms with van der Waals surface area (Å²) in [5.74, 6) is -0.906. The highest BCUT2D eigenvalue weighted by atomic mass is 16.4. The molecular weight excluding hydrogens is 244 g/mol. The van der Waals surface area contributed by atoms with Crippen molar-refractivity contribution >= 4 is 17.6 Å². The Balaban J connectivity index is 2.72. The molecule has 0 spiro atoms. The molecule has 0 aliphatic heterocycles. The molecule has 0 heterocycles. The van der Waals surface area contributed by atoms with Crippen molar-refractivity contribution in [1.82, 2.24) is 0 Å². The molecule has 0 bridgehead atoms. The average molecular weight is 264 g/mol. The van der Waals surface area contributed by atoms with Crippen LogP contribution in [0.1, 0.15) is 36.2 Å². The van der Waals surface area contributed by atoms with Crippen LogP contribution in [0.25, 0.3) is 0 Å². The standard InChI is InChI=1S/C14H20N2O3/c1-8(2)11(15)7-13(17)16-12-5-4-10(14(18)19)6-9(12)3/h4-6,8,11H,7,15H2,1-3H3,(H,16,17)(H,18,19). The first-order chi connectivity index (χ1) is 8.81. The van der Waals surface area contributed by atoms with Gasteiger partial charge in [0, 0.05) is 18.2 Å². The van der Waals surface area contributed by atoms with Crippen LogP contribution < -0.4 is 11.1 Å². The lowest BCUT2D eigenvalue weighted by Crippen LogP contribution is -2.31. The number of hydrogen-bond acceptors (Lipinski definition) is 3. The Morgan fingerprint density at radius 3 is 2.47 bits per heavy atom. The maximum Gasteiger partial charge on any atom is 0.335 e. The van der Waals surface area contributed by atoms with Crippen LogP contribution in [0.3, 0.4) is 0 Å². The normalized spacial score (nSPS) is 12.3. The molecule has 1 atom stereocenters. The van der Waals surface area contributed by atoms with Crippen molar-refractivity contribution in [3.63, 3.8) is 0 Å². The van der Waals surface area contributed by atoms with E-state index in [9.17, 15) is 9.59 Å².